The summed E-state index contributed by atoms with van der Waals surface area (Å²) >= 11 is 6.04. The van der Waals surface area contributed by atoms with Gasteiger partial charge in [-0.2, -0.15) is 5.10 Å². The first kappa shape index (κ1) is 10.4. The Kier molecular flexibility index (Phi) is 2.38. The number of nitrogens with zero attached hydrogens (tertiary/aromatic N) is 2. The number of para-hydroxylation sites is 1. The van der Waals surface area contributed by atoms with Crippen molar-refractivity contribution in [2.45, 2.75) is 0 Å². The first-order chi connectivity index (χ1) is 8.25. The number of aromatic nitrogens is 3. The zero-order chi connectivity index (χ0) is 11.8. The average molecular weight is 261 g/mol. The summed E-state index contributed by atoms with van der Waals surface area (Å²) in [5.41, 5.74) is 1.54. The fraction of sp³-hybridized carbons (Fsp3) is 0. The van der Waals surface area contributed by atoms with Crippen molar-refractivity contribution in [2.24, 2.45) is 0 Å². The molecular weight excluding hydrogens is 254 g/mol. The van der Waals surface area contributed by atoms with E-state index < -0.39 is 0 Å². The summed E-state index contributed by atoms with van der Waals surface area (Å²) in [7, 11) is 0. The van der Waals surface area contributed by atoms with Crippen LogP contribution in [0.25, 0.3) is 16.7 Å². The monoisotopic (exact) mass is 261 g/mol. The van der Waals surface area contributed by atoms with Crippen LogP contribution in [-0.4, -0.2) is 14.8 Å². The topological polar surface area (TPSA) is 50.7 Å². The minimum atomic E-state index is -0.0640. The Bertz CT molecular complexity index is 786. The van der Waals surface area contributed by atoms with Gasteiger partial charge in [-0.15, -0.1) is 0 Å². The molecule has 17 heavy (non-hydrogen) atoms. The fourth-order valence-electron chi connectivity index (χ4n) is 1.64. The second-order valence-corrected chi connectivity index (χ2v) is 5.11. The largest absolute Gasteiger partial charge is 0.322 e. The number of H-pyrrole nitrogens is 1. The molecule has 4 nitrogen and oxygen atoms in total. The predicted molar refractivity (Wildman–Crippen MR) is 70.4 cm³/mol. The van der Waals surface area contributed by atoms with Crippen LogP contribution in [0.15, 0.2) is 41.3 Å². The van der Waals surface area contributed by atoms with Crippen molar-refractivity contribution in [2.75, 3.05) is 0 Å². The summed E-state index contributed by atoms with van der Waals surface area (Å²) in [4.78, 5) is 14.7. The third-order valence-corrected chi connectivity index (χ3v) is 3.44. The van der Waals surface area contributed by atoms with E-state index >= 15 is 0 Å². The predicted octanol–water partition coefficient (Wildman–Crippen LogP) is 2.50. The van der Waals surface area contributed by atoms with Gasteiger partial charge in [0.05, 0.1) is 17.3 Å². The Morgan fingerprint density at radius 3 is 2.82 bits per heavy atom. The molecule has 0 saturated carbocycles. The normalized spacial score (nSPS) is 10.8. The van der Waals surface area contributed by atoms with Crippen molar-refractivity contribution in [3.05, 3.63) is 50.0 Å². The zero-order valence-electron chi connectivity index (χ0n) is 8.58. The van der Waals surface area contributed by atoms with Gasteiger partial charge in [0.25, 0.3) is 0 Å². The van der Waals surface area contributed by atoms with E-state index in [0.717, 1.165) is 17.0 Å². The quantitative estimate of drug-likeness (QED) is 0.685. The fourth-order valence-corrected chi connectivity index (χ4v) is 2.54. The lowest BCUT2D eigenvalue weighted by Crippen LogP contribution is -2.00. The van der Waals surface area contributed by atoms with E-state index in [1.54, 1.807) is 10.9 Å². The first-order valence-corrected chi connectivity index (χ1v) is 6.15. The molecule has 1 N–H and O–H groups in total. The van der Waals surface area contributed by atoms with Gasteiger partial charge in [0.2, 0.25) is 4.74 Å². The second kappa shape index (κ2) is 3.90. The maximum atomic E-state index is 11.7. The molecular formula is C11H7N3OS2. The highest BCUT2D eigenvalue weighted by Gasteiger charge is 2.08. The molecule has 0 atom stereocenters. The molecule has 0 bridgehead atoms. The van der Waals surface area contributed by atoms with Crippen LogP contribution in [0.2, 0.25) is 0 Å². The van der Waals surface area contributed by atoms with Gasteiger partial charge in [-0.05, 0) is 24.4 Å². The van der Waals surface area contributed by atoms with E-state index in [4.69, 9.17) is 12.2 Å². The lowest BCUT2D eigenvalue weighted by Gasteiger charge is -2.01. The standard InChI is InChI=1S/C11H7N3OS2/c15-10-8-6-12-14(7-4-2-1-3-5-7)9(8)13-11(16)17-10/h1-6H,(H,13,16). The van der Waals surface area contributed by atoms with Gasteiger partial charge in [-0.3, -0.25) is 4.79 Å². The summed E-state index contributed by atoms with van der Waals surface area (Å²) in [6, 6.07) is 9.61. The Morgan fingerprint density at radius 2 is 2.06 bits per heavy atom. The molecule has 2 heterocycles. The lowest BCUT2D eigenvalue weighted by molar-refractivity contribution is 0.897. The number of aromatic amines is 1. The van der Waals surface area contributed by atoms with Crippen LogP contribution in [0.1, 0.15) is 0 Å². The summed E-state index contributed by atoms with van der Waals surface area (Å²) in [6.45, 7) is 0. The van der Waals surface area contributed by atoms with E-state index in [-0.39, 0.29) is 4.74 Å². The molecule has 3 aromatic rings. The van der Waals surface area contributed by atoms with E-state index in [2.05, 4.69) is 10.1 Å². The number of hydrogen-bond donors (Lipinski definition) is 1. The highest BCUT2D eigenvalue weighted by Crippen LogP contribution is 2.14. The van der Waals surface area contributed by atoms with Gasteiger partial charge < -0.3 is 4.98 Å². The molecule has 0 saturated heterocycles. The number of hydrogen-bond acceptors (Lipinski definition) is 4. The molecule has 0 fully saturated rings. The minimum Gasteiger partial charge on any atom is -0.322 e. The van der Waals surface area contributed by atoms with E-state index in [1.165, 1.54) is 0 Å². The summed E-state index contributed by atoms with van der Waals surface area (Å²) < 4.78 is 2.07. The van der Waals surface area contributed by atoms with Crippen LogP contribution in [0, 0.1) is 3.95 Å². The third-order valence-electron chi connectivity index (χ3n) is 2.40. The molecule has 0 amide bonds. The van der Waals surface area contributed by atoms with Gasteiger partial charge in [0.1, 0.15) is 5.65 Å². The van der Waals surface area contributed by atoms with Crippen LogP contribution in [0.3, 0.4) is 0 Å². The molecule has 3 rings (SSSR count). The molecule has 0 aliphatic carbocycles. The molecule has 6 heteroatoms. The van der Waals surface area contributed by atoms with Crippen LogP contribution >= 0.6 is 23.6 Å². The SMILES string of the molecule is O=c1sc(=S)[nH]c2c1cnn2-c1ccccc1. The van der Waals surface area contributed by atoms with Gasteiger partial charge in [-0.25, -0.2) is 4.68 Å². The molecule has 0 aliphatic rings. The Balaban J connectivity index is 2.40. The highest BCUT2D eigenvalue weighted by molar-refractivity contribution is 7.73. The number of rotatable bonds is 1. The maximum absolute atomic E-state index is 11.7. The molecule has 1 aromatic carbocycles. The van der Waals surface area contributed by atoms with Crippen molar-refractivity contribution in [1.29, 1.82) is 0 Å². The molecule has 0 unspecified atom stereocenters. The molecule has 84 valence electrons. The van der Waals surface area contributed by atoms with Gasteiger partial charge >= 0.3 is 0 Å². The Morgan fingerprint density at radius 1 is 1.29 bits per heavy atom. The summed E-state index contributed by atoms with van der Waals surface area (Å²) in [6.07, 6.45) is 1.56. The van der Waals surface area contributed by atoms with Crippen molar-refractivity contribution < 1.29 is 0 Å². The van der Waals surface area contributed by atoms with Crippen LogP contribution in [0.5, 0.6) is 0 Å². The summed E-state index contributed by atoms with van der Waals surface area (Å²) in [5, 5.41) is 4.78. The third kappa shape index (κ3) is 1.71. The van der Waals surface area contributed by atoms with Crippen LogP contribution in [0.4, 0.5) is 0 Å². The van der Waals surface area contributed by atoms with Crippen LogP contribution in [-0.2, 0) is 0 Å². The Hall–Kier alpha value is -1.79. The lowest BCUT2D eigenvalue weighted by atomic mass is 10.3. The first-order valence-electron chi connectivity index (χ1n) is 4.92. The van der Waals surface area contributed by atoms with Crippen molar-refractivity contribution in [3.8, 4) is 5.69 Å². The molecule has 2 aromatic heterocycles. The maximum Gasteiger partial charge on any atom is 0.247 e. The van der Waals surface area contributed by atoms with Crippen molar-refractivity contribution >= 4 is 34.6 Å². The molecule has 0 spiro atoms. The minimum absolute atomic E-state index is 0.0640. The van der Waals surface area contributed by atoms with E-state index in [1.807, 2.05) is 30.3 Å². The molecule has 0 radical (unpaired) electrons. The molecule has 0 aliphatic heterocycles. The highest BCUT2D eigenvalue weighted by atomic mass is 32.1. The average Bonchev–Trinajstić information content (AvgIpc) is 2.74. The number of nitrogens with one attached hydrogen (secondary N) is 1. The smallest absolute Gasteiger partial charge is 0.247 e. The van der Waals surface area contributed by atoms with Gasteiger partial charge in [0, 0.05) is 0 Å². The van der Waals surface area contributed by atoms with E-state index in [0.29, 0.717) is 15.0 Å². The summed E-state index contributed by atoms with van der Waals surface area (Å²) in [5.74, 6) is 0. The van der Waals surface area contributed by atoms with Gasteiger partial charge in [-0.1, -0.05) is 29.5 Å². The number of benzene rings is 1. The van der Waals surface area contributed by atoms with Gasteiger partial charge in [0.15, 0.2) is 3.95 Å². The van der Waals surface area contributed by atoms with E-state index in [9.17, 15) is 4.79 Å². The Labute approximate surface area is 105 Å². The van der Waals surface area contributed by atoms with Crippen molar-refractivity contribution in [3.63, 3.8) is 0 Å². The van der Waals surface area contributed by atoms with Crippen LogP contribution < -0.4 is 4.74 Å². The number of fused-ring (bicyclic) bond motifs is 1. The van der Waals surface area contributed by atoms with Crippen molar-refractivity contribution in [1.82, 2.24) is 14.8 Å². The second-order valence-electron chi connectivity index (χ2n) is 3.46. The zero-order valence-corrected chi connectivity index (χ0v) is 10.2.